The molecule has 0 aromatic heterocycles. The molecule has 3 aliphatic heterocycles. The van der Waals surface area contributed by atoms with Crippen molar-refractivity contribution in [3.63, 3.8) is 0 Å². The third-order valence-corrected chi connectivity index (χ3v) is 9.61. The summed E-state index contributed by atoms with van der Waals surface area (Å²) in [4.78, 5) is 31.1. The molecule has 3 bridgehead atoms. The first kappa shape index (κ1) is 34.2. The molecule has 1 spiro atoms. The van der Waals surface area contributed by atoms with Gasteiger partial charge in [0.2, 0.25) is 5.79 Å². The molecule has 0 amide bonds. The maximum absolute atomic E-state index is 13.2. The molecule has 2 N–H and O–H groups in total. The van der Waals surface area contributed by atoms with E-state index < -0.39 is 53.2 Å². The van der Waals surface area contributed by atoms with Gasteiger partial charge >= 0.3 is 11.9 Å². The minimum Gasteiger partial charge on any atom is -0.497 e. The van der Waals surface area contributed by atoms with Crippen molar-refractivity contribution in [3.8, 4) is 5.75 Å². The third kappa shape index (κ3) is 6.92. The standard InChI is InChI=1S/C33H48O11/c1-19(12-13-24(39-8)22-10-9-11-23(14-22)38-7)30-20(2)26-17-33(43-30)31(4,5)18-32(6,44-37)27(42-33)16-29(36)40-25(21(3)34)15-28(35)41-26/h9-11,14,16,19-21,24-26,30,34,37H,12-13,15,17-18H2,1-8H3/b27-16-/t19-,20-,21+,24-,25+,26-,30?,32-,33+/m0/s1. The van der Waals surface area contributed by atoms with Gasteiger partial charge in [0, 0.05) is 18.4 Å². The van der Waals surface area contributed by atoms with E-state index in [1.807, 2.05) is 45.0 Å². The van der Waals surface area contributed by atoms with E-state index in [9.17, 15) is 20.0 Å². The summed E-state index contributed by atoms with van der Waals surface area (Å²) in [5.74, 6) is -2.25. The molecule has 246 valence electrons. The van der Waals surface area contributed by atoms with Gasteiger partial charge in [-0.05, 0) is 56.7 Å². The van der Waals surface area contributed by atoms with Crippen LogP contribution < -0.4 is 4.74 Å². The van der Waals surface area contributed by atoms with Crippen molar-refractivity contribution in [1.82, 2.24) is 0 Å². The van der Waals surface area contributed by atoms with Gasteiger partial charge < -0.3 is 33.5 Å². The highest BCUT2D eigenvalue weighted by Gasteiger charge is 2.64. The second-order valence-electron chi connectivity index (χ2n) is 13.4. The van der Waals surface area contributed by atoms with E-state index in [0.717, 1.165) is 23.8 Å². The van der Waals surface area contributed by atoms with Crippen LogP contribution in [0.2, 0.25) is 0 Å². The Kier molecular flexibility index (Phi) is 10.4. The number of benzene rings is 1. The molecule has 0 radical (unpaired) electrons. The van der Waals surface area contributed by atoms with E-state index in [-0.39, 0.29) is 43.0 Å². The number of ether oxygens (including phenoxy) is 6. The lowest BCUT2D eigenvalue weighted by atomic mass is 9.66. The maximum Gasteiger partial charge on any atom is 0.334 e. The summed E-state index contributed by atoms with van der Waals surface area (Å²) < 4.78 is 36.2. The lowest BCUT2D eigenvalue weighted by molar-refractivity contribution is -0.403. The maximum atomic E-state index is 13.2. The second kappa shape index (κ2) is 13.3. The average Bonchev–Trinajstić information content (AvgIpc) is 2.96. The number of aliphatic hydroxyl groups is 1. The quantitative estimate of drug-likeness (QED) is 0.216. The Bertz CT molecular complexity index is 1210. The zero-order chi connectivity index (χ0) is 32.4. The summed E-state index contributed by atoms with van der Waals surface area (Å²) in [6.45, 7) is 11.0. The van der Waals surface area contributed by atoms with Crippen LogP contribution in [-0.4, -0.2) is 72.3 Å². The predicted molar refractivity (Wildman–Crippen MR) is 158 cm³/mol. The first-order valence-electron chi connectivity index (χ1n) is 15.3. The predicted octanol–water partition coefficient (Wildman–Crippen LogP) is 5.11. The summed E-state index contributed by atoms with van der Waals surface area (Å²) in [6, 6.07) is 7.79. The van der Waals surface area contributed by atoms with Gasteiger partial charge in [-0.1, -0.05) is 39.8 Å². The first-order valence-corrected chi connectivity index (χ1v) is 15.3. The van der Waals surface area contributed by atoms with Crippen LogP contribution in [0.25, 0.3) is 0 Å². The van der Waals surface area contributed by atoms with Crippen molar-refractivity contribution < 1.29 is 53.3 Å². The zero-order valence-corrected chi connectivity index (χ0v) is 27.0. The fraction of sp³-hybridized carbons (Fsp3) is 0.697. The lowest BCUT2D eigenvalue weighted by Crippen LogP contribution is -2.65. The largest absolute Gasteiger partial charge is 0.497 e. The highest BCUT2D eigenvalue weighted by atomic mass is 17.1. The Labute approximate surface area is 259 Å². The molecule has 0 aliphatic carbocycles. The summed E-state index contributed by atoms with van der Waals surface area (Å²) in [5.41, 5.74) is -1.15. The van der Waals surface area contributed by atoms with E-state index in [1.165, 1.54) is 6.92 Å². The van der Waals surface area contributed by atoms with Crippen LogP contribution in [0.5, 0.6) is 5.75 Å². The number of carbonyl (C=O) groups excluding carboxylic acids is 2. The van der Waals surface area contributed by atoms with Crippen molar-refractivity contribution in [3.05, 3.63) is 41.7 Å². The Balaban J connectivity index is 1.69. The van der Waals surface area contributed by atoms with Crippen LogP contribution in [0, 0.1) is 17.3 Å². The van der Waals surface area contributed by atoms with E-state index >= 15 is 0 Å². The smallest absolute Gasteiger partial charge is 0.334 e. The lowest BCUT2D eigenvalue weighted by Gasteiger charge is -2.59. The average molecular weight is 621 g/mol. The molecule has 3 aliphatic rings. The Morgan fingerprint density at radius 1 is 1.09 bits per heavy atom. The van der Waals surface area contributed by atoms with Gasteiger partial charge in [-0.25, -0.2) is 9.68 Å². The minimum atomic E-state index is -1.39. The van der Waals surface area contributed by atoms with Crippen LogP contribution in [-0.2, 0) is 38.2 Å². The summed E-state index contributed by atoms with van der Waals surface area (Å²) in [6.07, 6.45) is -0.852. The molecule has 2 fully saturated rings. The fourth-order valence-corrected chi connectivity index (χ4v) is 6.89. The number of carbonyl (C=O) groups is 2. The first-order chi connectivity index (χ1) is 20.7. The highest BCUT2D eigenvalue weighted by Crippen LogP contribution is 2.57. The number of rotatable bonds is 9. The molecule has 0 saturated carbocycles. The summed E-state index contributed by atoms with van der Waals surface area (Å²) in [5, 5.41) is 20.2. The second-order valence-corrected chi connectivity index (χ2v) is 13.4. The molecular formula is C33H48O11. The van der Waals surface area contributed by atoms with E-state index in [1.54, 1.807) is 21.1 Å². The highest BCUT2D eigenvalue weighted by molar-refractivity contribution is 5.83. The van der Waals surface area contributed by atoms with Crippen LogP contribution in [0.1, 0.15) is 85.3 Å². The molecule has 2 saturated heterocycles. The summed E-state index contributed by atoms with van der Waals surface area (Å²) in [7, 11) is 3.31. The number of hydrogen-bond donors (Lipinski definition) is 2. The molecule has 4 rings (SSSR count). The van der Waals surface area contributed by atoms with Crippen LogP contribution in [0.3, 0.4) is 0 Å². The third-order valence-electron chi connectivity index (χ3n) is 9.61. The molecule has 44 heavy (non-hydrogen) atoms. The topological polar surface area (TPSA) is 139 Å². The van der Waals surface area contributed by atoms with Crippen molar-refractivity contribution in [2.24, 2.45) is 17.3 Å². The number of cyclic esters (lactones) is 1. The van der Waals surface area contributed by atoms with Crippen LogP contribution in [0.4, 0.5) is 0 Å². The number of esters is 2. The molecule has 1 aromatic rings. The summed E-state index contributed by atoms with van der Waals surface area (Å²) >= 11 is 0. The number of hydrogen-bond acceptors (Lipinski definition) is 11. The van der Waals surface area contributed by atoms with Gasteiger partial charge in [0.25, 0.3) is 0 Å². The van der Waals surface area contributed by atoms with E-state index in [0.29, 0.717) is 6.42 Å². The Morgan fingerprint density at radius 3 is 2.45 bits per heavy atom. The van der Waals surface area contributed by atoms with Crippen molar-refractivity contribution in [2.75, 3.05) is 14.2 Å². The van der Waals surface area contributed by atoms with E-state index in [4.69, 9.17) is 33.3 Å². The Morgan fingerprint density at radius 2 is 1.82 bits per heavy atom. The molecule has 3 heterocycles. The van der Waals surface area contributed by atoms with E-state index in [2.05, 4.69) is 6.92 Å². The number of fused-ring (bicyclic) bond motifs is 2. The number of aliphatic hydroxyl groups excluding tert-OH is 1. The molecule has 9 atom stereocenters. The Hall–Kier alpha value is -2.70. The van der Waals surface area contributed by atoms with Gasteiger partial charge in [-0.3, -0.25) is 10.1 Å². The number of methoxy groups -OCH3 is 2. The normalized spacial score (nSPS) is 35.3. The zero-order valence-electron chi connectivity index (χ0n) is 27.0. The van der Waals surface area contributed by atoms with Crippen LogP contribution in [0.15, 0.2) is 36.1 Å². The molecular weight excluding hydrogens is 572 g/mol. The van der Waals surface area contributed by atoms with Crippen molar-refractivity contribution in [1.29, 1.82) is 0 Å². The van der Waals surface area contributed by atoms with Gasteiger partial charge in [-0.15, -0.1) is 0 Å². The molecule has 1 aromatic carbocycles. The van der Waals surface area contributed by atoms with Crippen molar-refractivity contribution in [2.45, 2.75) is 116 Å². The SMILES string of the molecule is COc1cccc([C@H](CC[C@H](C)C2O[C@@]34C[C@H](OC(=O)C[C@H]([C@@H](C)O)OC(=O)/C=C(\O3)[C@@](C)(OO)CC4(C)C)[C@@H]2C)OC)c1. The van der Waals surface area contributed by atoms with Crippen LogP contribution >= 0.6 is 0 Å². The van der Waals surface area contributed by atoms with Gasteiger partial charge in [-0.2, -0.15) is 0 Å². The van der Waals surface area contributed by atoms with Gasteiger partial charge in [0.15, 0.2) is 5.60 Å². The fourth-order valence-electron chi connectivity index (χ4n) is 6.89. The van der Waals surface area contributed by atoms with Gasteiger partial charge in [0.05, 0.1) is 44.3 Å². The molecule has 11 heteroatoms. The molecule has 11 nitrogen and oxygen atoms in total. The minimum absolute atomic E-state index is 0.0241. The van der Waals surface area contributed by atoms with Gasteiger partial charge in [0.1, 0.15) is 23.7 Å². The molecule has 1 unspecified atom stereocenters. The monoisotopic (exact) mass is 620 g/mol. The van der Waals surface area contributed by atoms with Crippen molar-refractivity contribution >= 4 is 11.9 Å².